The summed E-state index contributed by atoms with van der Waals surface area (Å²) < 4.78 is 4.53. The van der Waals surface area contributed by atoms with Gasteiger partial charge >= 0.3 is 5.97 Å². The first kappa shape index (κ1) is 12.2. The predicted molar refractivity (Wildman–Crippen MR) is 60.6 cm³/mol. The van der Waals surface area contributed by atoms with E-state index in [4.69, 9.17) is 5.21 Å². The van der Waals surface area contributed by atoms with E-state index in [2.05, 4.69) is 9.89 Å². The normalized spacial score (nSPS) is 11.2. The highest BCUT2D eigenvalue weighted by atomic mass is 16.5. The third kappa shape index (κ3) is 3.73. The first-order valence-electron chi connectivity index (χ1n) is 5.11. The second-order valence-electron chi connectivity index (χ2n) is 3.34. The van der Waals surface area contributed by atoms with Gasteiger partial charge in [0, 0.05) is 6.42 Å². The van der Waals surface area contributed by atoms with Crippen molar-refractivity contribution in [3.05, 3.63) is 35.9 Å². The quantitative estimate of drug-likeness (QED) is 0.359. The smallest absolute Gasteiger partial charge is 0.305 e. The minimum Gasteiger partial charge on any atom is -0.469 e. The lowest BCUT2D eigenvalue weighted by atomic mass is 10.0. The molecule has 0 fully saturated rings. The lowest BCUT2D eigenvalue weighted by Gasteiger charge is -2.03. The number of carbonyl (C=O) groups is 1. The van der Waals surface area contributed by atoms with Gasteiger partial charge in [0.2, 0.25) is 0 Å². The molecule has 1 rings (SSSR count). The van der Waals surface area contributed by atoms with Gasteiger partial charge < -0.3 is 9.94 Å². The molecule has 0 aliphatic carbocycles. The highest BCUT2D eigenvalue weighted by Crippen LogP contribution is 2.08. The summed E-state index contributed by atoms with van der Waals surface area (Å²) >= 11 is 0. The van der Waals surface area contributed by atoms with Gasteiger partial charge in [-0.3, -0.25) is 4.79 Å². The van der Waals surface area contributed by atoms with Crippen LogP contribution in [0.25, 0.3) is 0 Å². The van der Waals surface area contributed by atoms with E-state index in [-0.39, 0.29) is 5.97 Å². The maximum absolute atomic E-state index is 10.9. The maximum atomic E-state index is 10.9. The fraction of sp³-hybridized carbons (Fsp3) is 0.333. The Balaban J connectivity index is 2.49. The first-order valence-corrected chi connectivity index (χ1v) is 5.11. The van der Waals surface area contributed by atoms with E-state index in [1.165, 1.54) is 7.11 Å². The standard InChI is InChI=1S/C12H15NO3/c1-16-12(14)9-5-8-11(13-15)10-6-3-2-4-7-10/h2-4,6-7,15H,5,8-9H2,1H3/b13-11+. The van der Waals surface area contributed by atoms with Crippen molar-refractivity contribution in [3.8, 4) is 0 Å². The molecule has 0 aromatic heterocycles. The van der Waals surface area contributed by atoms with Crippen LogP contribution in [0.2, 0.25) is 0 Å². The van der Waals surface area contributed by atoms with E-state index >= 15 is 0 Å². The van der Waals surface area contributed by atoms with Gasteiger partial charge in [-0.05, 0) is 18.4 Å². The summed E-state index contributed by atoms with van der Waals surface area (Å²) in [6.07, 6.45) is 1.50. The summed E-state index contributed by atoms with van der Waals surface area (Å²) in [7, 11) is 1.36. The molecule has 0 spiro atoms. The molecular formula is C12H15NO3. The number of methoxy groups -OCH3 is 1. The zero-order chi connectivity index (χ0) is 11.8. The lowest BCUT2D eigenvalue weighted by Crippen LogP contribution is -2.04. The molecule has 16 heavy (non-hydrogen) atoms. The number of nitrogens with zero attached hydrogens (tertiary/aromatic N) is 1. The molecule has 1 aromatic carbocycles. The Hall–Kier alpha value is -1.84. The van der Waals surface area contributed by atoms with Gasteiger partial charge in [0.15, 0.2) is 0 Å². The van der Waals surface area contributed by atoms with Crippen LogP contribution in [0.1, 0.15) is 24.8 Å². The second kappa shape index (κ2) is 6.61. The van der Waals surface area contributed by atoms with Gasteiger partial charge in [-0.15, -0.1) is 0 Å². The Kier molecular flexibility index (Phi) is 5.05. The molecule has 0 aliphatic heterocycles. The van der Waals surface area contributed by atoms with E-state index in [9.17, 15) is 4.79 Å². The van der Waals surface area contributed by atoms with Crippen molar-refractivity contribution in [1.82, 2.24) is 0 Å². The number of hydrogen-bond acceptors (Lipinski definition) is 4. The first-order chi connectivity index (χ1) is 7.77. The van der Waals surface area contributed by atoms with Crippen LogP contribution in [-0.2, 0) is 9.53 Å². The van der Waals surface area contributed by atoms with Gasteiger partial charge in [-0.25, -0.2) is 0 Å². The van der Waals surface area contributed by atoms with Crippen LogP contribution >= 0.6 is 0 Å². The fourth-order valence-corrected chi connectivity index (χ4v) is 1.38. The molecule has 86 valence electrons. The van der Waals surface area contributed by atoms with Crippen molar-refractivity contribution in [2.45, 2.75) is 19.3 Å². The van der Waals surface area contributed by atoms with Crippen LogP contribution in [0, 0.1) is 0 Å². The number of esters is 1. The van der Waals surface area contributed by atoms with Gasteiger partial charge in [0.05, 0.1) is 12.8 Å². The second-order valence-corrected chi connectivity index (χ2v) is 3.34. The van der Waals surface area contributed by atoms with Crippen molar-refractivity contribution < 1.29 is 14.7 Å². The molecule has 4 heteroatoms. The number of rotatable bonds is 5. The van der Waals surface area contributed by atoms with E-state index < -0.39 is 0 Å². The third-order valence-electron chi connectivity index (χ3n) is 2.25. The molecule has 4 nitrogen and oxygen atoms in total. The molecule has 0 bridgehead atoms. The van der Waals surface area contributed by atoms with Crippen LogP contribution in [0.3, 0.4) is 0 Å². The molecule has 0 saturated heterocycles. The average Bonchev–Trinajstić information content (AvgIpc) is 2.35. The summed E-state index contributed by atoms with van der Waals surface area (Å²) in [5, 5.41) is 12.1. The summed E-state index contributed by atoms with van der Waals surface area (Å²) in [6.45, 7) is 0. The van der Waals surface area contributed by atoms with Crippen molar-refractivity contribution in [2.24, 2.45) is 5.16 Å². The summed E-state index contributed by atoms with van der Waals surface area (Å²) in [6, 6.07) is 9.38. The zero-order valence-corrected chi connectivity index (χ0v) is 9.22. The molecule has 0 aliphatic rings. The van der Waals surface area contributed by atoms with Crippen molar-refractivity contribution >= 4 is 11.7 Å². The SMILES string of the molecule is COC(=O)CCC/C(=N\O)c1ccccc1. The Labute approximate surface area is 94.5 Å². The third-order valence-corrected chi connectivity index (χ3v) is 2.25. The van der Waals surface area contributed by atoms with Crippen molar-refractivity contribution in [1.29, 1.82) is 0 Å². The highest BCUT2D eigenvalue weighted by Gasteiger charge is 2.06. The molecule has 0 radical (unpaired) electrons. The van der Waals surface area contributed by atoms with Crippen LogP contribution in [0.4, 0.5) is 0 Å². The van der Waals surface area contributed by atoms with Gasteiger partial charge in [-0.1, -0.05) is 35.5 Å². The molecule has 1 aromatic rings. The topological polar surface area (TPSA) is 58.9 Å². The van der Waals surface area contributed by atoms with Crippen LogP contribution < -0.4 is 0 Å². The Morgan fingerprint density at radius 3 is 2.56 bits per heavy atom. The number of ether oxygens (including phenoxy) is 1. The fourth-order valence-electron chi connectivity index (χ4n) is 1.38. The Bertz CT molecular complexity index is 360. The molecule has 1 N–H and O–H groups in total. The van der Waals surface area contributed by atoms with E-state index in [1.54, 1.807) is 0 Å². The highest BCUT2D eigenvalue weighted by molar-refractivity contribution is 6.00. The molecule has 0 saturated carbocycles. The molecular weight excluding hydrogens is 206 g/mol. The Morgan fingerprint density at radius 2 is 2.00 bits per heavy atom. The number of oxime groups is 1. The van der Waals surface area contributed by atoms with Gasteiger partial charge in [-0.2, -0.15) is 0 Å². The predicted octanol–water partition coefficient (Wildman–Crippen LogP) is 2.21. The summed E-state index contributed by atoms with van der Waals surface area (Å²) in [4.78, 5) is 10.9. The monoisotopic (exact) mass is 221 g/mol. The van der Waals surface area contributed by atoms with Crippen molar-refractivity contribution in [2.75, 3.05) is 7.11 Å². The van der Waals surface area contributed by atoms with Crippen LogP contribution in [0.15, 0.2) is 35.5 Å². The maximum Gasteiger partial charge on any atom is 0.305 e. The van der Waals surface area contributed by atoms with Crippen LogP contribution in [-0.4, -0.2) is 24.0 Å². The van der Waals surface area contributed by atoms with Gasteiger partial charge in [0.1, 0.15) is 0 Å². The molecule has 0 amide bonds. The summed E-state index contributed by atoms with van der Waals surface area (Å²) in [5.41, 5.74) is 1.46. The minimum atomic E-state index is -0.245. The lowest BCUT2D eigenvalue weighted by molar-refractivity contribution is -0.140. The van der Waals surface area contributed by atoms with Gasteiger partial charge in [0.25, 0.3) is 0 Å². The average molecular weight is 221 g/mol. The zero-order valence-electron chi connectivity index (χ0n) is 9.22. The van der Waals surface area contributed by atoms with E-state index in [0.717, 1.165) is 5.56 Å². The number of carbonyl (C=O) groups excluding carboxylic acids is 1. The largest absolute Gasteiger partial charge is 0.469 e. The minimum absolute atomic E-state index is 0.245. The summed E-state index contributed by atoms with van der Waals surface area (Å²) in [5.74, 6) is -0.245. The van der Waals surface area contributed by atoms with Crippen LogP contribution in [0.5, 0.6) is 0 Å². The van der Waals surface area contributed by atoms with E-state index in [1.807, 2.05) is 30.3 Å². The number of benzene rings is 1. The van der Waals surface area contributed by atoms with Crippen molar-refractivity contribution in [3.63, 3.8) is 0 Å². The molecule has 0 heterocycles. The molecule has 0 atom stereocenters. The Morgan fingerprint density at radius 1 is 1.31 bits per heavy atom. The molecule has 0 unspecified atom stereocenters. The van der Waals surface area contributed by atoms with E-state index in [0.29, 0.717) is 25.0 Å². The number of hydrogen-bond donors (Lipinski definition) is 1.